The zero-order chi connectivity index (χ0) is 22.1. The summed E-state index contributed by atoms with van der Waals surface area (Å²) in [5, 5.41) is 3.58. The monoisotopic (exact) mass is 552 g/mol. The Kier molecular flexibility index (Phi) is 11.4. The van der Waals surface area contributed by atoms with Crippen molar-refractivity contribution in [3.63, 3.8) is 0 Å². The molecule has 0 aliphatic heterocycles. The fourth-order valence-corrected chi connectivity index (χ4v) is 14.5. The van der Waals surface area contributed by atoms with Crippen LogP contribution in [0.3, 0.4) is 0 Å². The van der Waals surface area contributed by atoms with Crippen molar-refractivity contribution in [2.45, 2.75) is 36.1 Å². The largest absolute Gasteiger partial charge is 1.00 e. The number of hydrogen-bond donors (Lipinski definition) is 0. The van der Waals surface area contributed by atoms with Crippen LogP contribution in [0.2, 0.25) is 0 Å². The van der Waals surface area contributed by atoms with E-state index in [9.17, 15) is 0 Å². The van der Waals surface area contributed by atoms with Crippen LogP contribution in [0.1, 0.15) is 58.4 Å². The summed E-state index contributed by atoms with van der Waals surface area (Å²) in [4.78, 5) is 0. The van der Waals surface area contributed by atoms with Gasteiger partial charge in [0, 0.05) is 0 Å². The van der Waals surface area contributed by atoms with Crippen LogP contribution in [0.25, 0.3) is 12.2 Å². The molecule has 33 heavy (non-hydrogen) atoms. The first-order valence-electron chi connectivity index (χ1n) is 11.6. The maximum atomic E-state index is 2.63. The summed E-state index contributed by atoms with van der Waals surface area (Å²) < 4.78 is 1.40. The second kappa shape index (κ2) is 12.9. The zero-order valence-corrected chi connectivity index (χ0v) is 25.5. The number of hydrogen-bond acceptors (Lipinski definition) is 0. The minimum absolute atomic E-state index is 0. The Morgan fingerprint density at radius 3 is 1.58 bits per heavy atom. The SMILES string of the molecule is CC(C)CP(CC(C)C)C1=Cc2ccccc2[CH]1[Ti+2][CH]1C(P(C)C)=Cc2ccccc21.[Cl-].[Cl-]. The van der Waals surface area contributed by atoms with Gasteiger partial charge in [-0.1, -0.05) is 0 Å². The van der Waals surface area contributed by atoms with E-state index in [1.807, 2.05) is 5.31 Å². The predicted molar refractivity (Wildman–Crippen MR) is 139 cm³/mol. The molecule has 0 aromatic heterocycles. The third-order valence-corrected chi connectivity index (χ3v) is 14.8. The number of benzene rings is 2. The van der Waals surface area contributed by atoms with Gasteiger partial charge >= 0.3 is 202 Å². The van der Waals surface area contributed by atoms with Crippen LogP contribution < -0.4 is 24.8 Å². The minimum Gasteiger partial charge on any atom is -1.00 e. The van der Waals surface area contributed by atoms with Crippen LogP contribution in [0.5, 0.6) is 0 Å². The molecule has 176 valence electrons. The molecule has 0 heterocycles. The molecule has 0 saturated heterocycles. The summed E-state index contributed by atoms with van der Waals surface area (Å²) in [6, 6.07) is 18.5. The van der Waals surface area contributed by atoms with Crippen LogP contribution in [-0.4, -0.2) is 25.7 Å². The Morgan fingerprint density at radius 2 is 1.12 bits per heavy atom. The van der Waals surface area contributed by atoms with Gasteiger partial charge in [-0.15, -0.1) is 0 Å². The van der Waals surface area contributed by atoms with Gasteiger partial charge in [0.15, 0.2) is 0 Å². The van der Waals surface area contributed by atoms with Crippen molar-refractivity contribution in [2.24, 2.45) is 11.8 Å². The van der Waals surface area contributed by atoms with Crippen molar-refractivity contribution < 1.29 is 44.0 Å². The van der Waals surface area contributed by atoms with Crippen molar-refractivity contribution in [2.75, 3.05) is 25.7 Å². The standard InChI is InChI=1S/C17H24P.C11H12P.2ClH.Ti/c1-13(2)11-18(12-14(3)4)17-9-15-7-5-6-8-16(15)10-17;1-12(2)11-7-9-5-3-4-6-10(9)8-11;;;/h5-10,13-14H,11-12H2,1-4H3;3-8H,1-2H3;2*1H;/q;;;;+2/p-2. The summed E-state index contributed by atoms with van der Waals surface area (Å²) in [5.74, 6) is 1.55. The van der Waals surface area contributed by atoms with Gasteiger partial charge in [0.25, 0.3) is 0 Å². The van der Waals surface area contributed by atoms with Gasteiger partial charge in [-0.25, -0.2) is 0 Å². The maximum Gasteiger partial charge on any atom is -1.00 e. The summed E-state index contributed by atoms with van der Waals surface area (Å²) in [6.07, 6.45) is 7.94. The van der Waals surface area contributed by atoms with Gasteiger partial charge < -0.3 is 24.8 Å². The topological polar surface area (TPSA) is 0 Å². The molecule has 2 aromatic rings. The van der Waals surface area contributed by atoms with Crippen molar-refractivity contribution in [3.05, 3.63) is 81.4 Å². The molecule has 5 heteroatoms. The van der Waals surface area contributed by atoms with Gasteiger partial charge in [-0.2, -0.15) is 0 Å². The summed E-state index contributed by atoms with van der Waals surface area (Å²) in [5.41, 5.74) is 6.26. The maximum absolute atomic E-state index is 2.63. The van der Waals surface area contributed by atoms with Gasteiger partial charge in [-0.3, -0.25) is 0 Å². The molecule has 0 amide bonds. The molecule has 2 aliphatic carbocycles. The van der Waals surface area contributed by atoms with Crippen LogP contribution in [0, 0.1) is 11.8 Å². The molecular weight excluding hydrogens is 517 g/mol. The third kappa shape index (κ3) is 6.64. The molecule has 0 nitrogen and oxygen atoms in total. The fourth-order valence-electron chi connectivity index (χ4n) is 4.96. The van der Waals surface area contributed by atoms with Gasteiger partial charge in [-0.05, 0) is 0 Å². The molecule has 2 atom stereocenters. The molecule has 0 radical (unpaired) electrons. The van der Waals surface area contributed by atoms with Crippen LogP contribution in [-0.2, 0) is 19.2 Å². The minimum atomic E-state index is -0.241. The van der Waals surface area contributed by atoms with Crippen LogP contribution in [0.4, 0.5) is 0 Å². The van der Waals surface area contributed by atoms with E-state index in [2.05, 4.69) is 102 Å². The third-order valence-electron chi connectivity index (χ3n) is 6.20. The number of rotatable bonds is 8. The predicted octanol–water partition coefficient (Wildman–Crippen LogP) is 2.80. The molecule has 2 unspecified atom stereocenters. The molecule has 0 saturated carbocycles. The quantitative estimate of drug-likeness (QED) is 0.349. The average molecular weight is 553 g/mol. The van der Waals surface area contributed by atoms with E-state index in [0.29, 0.717) is 8.45 Å². The Labute approximate surface area is 225 Å². The molecule has 4 rings (SSSR count). The Morgan fingerprint density at radius 1 is 0.697 bits per heavy atom. The molecule has 0 spiro atoms. The molecule has 2 aliphatic rings. The Bertz CT molecular complexity index is 987. The zero-order valence-electron chi connectivity index (χ0n) is 20.6. The Balaban J connectivity index is 0.00000193. The molecular formula is C28H36Cl2P2Ti. The second-order valence-corrected chi connectivity index (χ2v) is 17.0. The van der Waals surface area contributed by atoms with E-state index in [1.54, 1.807) is 16.4 Å². The van der Waals surface area contributed by atoms with Gasteiger partial charge in [0.1, 0.15) is 0 Å². The van der Waals surface area contributed by atoms with Gasteiger partial charge in [0.2, 0.25) is 0 Å². The number of allylic oxidation sites excluding steroid dienone is 2. The first kappa shape index (κ1) is 29.3. The van der Waals surface area contributed by atoms with E-state index in [1.165, 1.54) is 23.5 Å². The summed E-state index contributed by atoms with van der Waals surface area (Å²) in [6.45, 7) is 14.6. The fraction of sp³-hybridized carbons (Fsp3) is 0.429. The van der Waals surface area contributed by atoms with Crippen molar-refractivity contribution >= 4 is 28.0 Å². The Hall–Kier alpha value is 0.0743. The van der Waals surface area contributed by atoms with Crippen molar-refractivity contribution in [3.8, 4) is 0 Å². The molecule has 0 bridgehead atoms. The van der Waals surface area contributed by atoms with E-state index in [-0.39, 0.29) is 59.8 Å². The average Bonchev–Trinajstić information content (AvgIpc) is 3.26. The first-order chi connectivity index (χ1) is 14.8. The van der Waals surface area contributed by atoms with Gasteiger partial charge in [0.05, 0.1) is 0 Å². The molecule has 0 N–H and O–H groups in total. The van der Waals surface area contributed by atoms with Crippen LogP contribution in [0.15, 0.2) is 59.2 Å². The number of halogens is 2. The van der Waals surface area contributed by atoms with E-state index < -0.39 is 0 Å². The van der Waals surface area contributed by atoms with Crippen LogP contribution >= 0.6 is 15.8 Å². The molecule has 0 fully saturated rings. The van der Waals surface area contributed by atoms with Crippen molar-refractivity contribution in [1.82, 2.24) is 0 Å². The normalized spacial score (nSPS) is 18.5. The first-order valence-corrected chi connectivity index (χ1v) is 17.4. The molecule has 2 aromatic carbocycles. The summed E-state index contributed by atoms with van der Waals surface area (Å²) >= 11 is -0.241. The van der Waals surface area contributed by atoms with Crippen molar-refractivity contribution in [1.29, 1.82) is 0 Å². The van der Waals surface area contributed by atoms with E-state index >= 15 is 0 Å². The summed E-state index contributed by atoms with van der Waals surface area (Å²) in [7, 11) is -0.119. The number of fused-ring (bicyclic) bond motifs is 2. The van der Waals surface area contributed by atoms with E-state index in [0.717, 1.165) is 11.8 Å². The smallest absolute Gasteiger partial charge is 1.00 e. The van der Waals surface area contributed by atoms with E-state index in [4.69, 9.17) is 0 Å². The second-order valence-electron chi connectivity index (χ2n) is 10.0.